The molecule has 0 radical (unpaired) electrons. The molecule has 1 fully saturated rings. The van der Waals surface area contributed by atoms with Gasteiger partial charge in [-0.3, -0.25) is 10.1 Å². The molecule has 1 aromatic rings. The number of ether oxygens (including phenoxy) is 1. The Labute approximate surface area is 99.2 Å². The molecule has 0 heterocycles. The highest BCUT2D eigenvalue weighted by molar-refractivity contribution is 5.50. The van der Waals surface area contributed by atoms with Crippen molar-refractivity contribution < 1.29 is 14.8 Å². The van der Waals surface area contributed by atoms with Crippen LogP contribution in [0.5, 0.6) is 5.75 Å². The summed E-state index contributed by atoms with van der Waals surface area (Å²) in [6.45, 7) is 0.0382. The molecule has 0 atom stereocenters. The zero-order chi connectivity index (χ0) is 12.5. The number of methoxy groups -OCH3 is 1. The Bertz CT molecular complexity index is 435. The van der Waals surface area contributed by atoms with Crippen LogP contribution in [0.3, 0.4) is 0 Å². The molecule has 0 amide bonds. The van der Waals surface area contributed by atoms with E-state index in [2.05, 4.69) is 0 Å². The van der Waals surface area contributed by atoms with Crippen LogP contribution < -0.4 is 4.74 Å². The van der Waals surface area contributed by atoms with E-state index in [1.54, 1.807) is 12.1 Å². The molecule has 0 spiro atoms. The van der Waals surface area contributed by atoms with Crippen molar-refractivity contribution in [2.24, 2.45) is 0 Å². The van der Waals surface area contributed by atoms with Gasteiger partial charge in [0.15, 0.2) is 5.75 Å². The fourth-order valence-electron chi connectivity index (χ4n) is 2.30. The maximum absolute atomic E-state index is 10.9. The van der Waals surface area contributed by atoms with Gasteiger partial charge < -0.3 is 9.84 Å². The van der Waals surface area contributed by atoms with Gasteiger partial charge in [-0.05, 0) is 24.5 Å². The molecule has 5 heteroatoms. The Morgan fingerprint density at radius 2 is 2.24 bits per heavy atom. The standard InChI is InChI=1S/C12H15NO4/c1-17-11-4-3-9(7-10(11)13(15)16)12(8-14)5-2-6-12/h3-4,7,14H,2,5-6,8H2,1H3. The summed E-state index contributed by atoms with van der Waals surface area (Å²) >= 11 is 0. The molecule has 1 saturated carbocycles. The molecule has 1 aliphatic rings. The molecular formula is C12H15NO4. The molecule has 1 aromatic carbocycles. The van der Waals surface area contributed by atoms with E-state index in [1.165, 1.54) is 13.2 Å². The van der Waals surface area contributed by atoms with Crippen LogP contribution in [0.1, 0.15) is 24.8 Å². The monoisotopic (exact) mass is 237 g/mol. The van der Waals surface area contributed by atoms with Crippen LogP contribution in [0.25, 0.3) is 0 Å². The molecule has 1 N–H and O–H groups in total. The molecular weight excluding hydrogens is 222 g/mol. The first kappa shape index (κ1) is 11.9. The smallest absolute Gasteiger partial charge is 0.311 e. The van der Waals surface area contributed by atoms with Gasteiger partial charge in [-0.25, -0.2) is 0 Å². The molecule has 0 bridgehead atoms. The summed E-state index contributed by atoms with van der Waals surface area (Å²) in [7, 11) is 1.41. The number of nitro groups is 1. The maximum Gasteiger partial charge on any atom is 0.311 e. The summed E-state index contributed by atoms with van der Waals surface area (Å²) in [5.41, 5.74) is 0.514. The van der Waals surface area contributed by atoms with E-state index in [9.17, 15) is 15.2 Å². The molecule has 2 rings (SSSR count). The predicted octanol–water partition coefficient (Wildman–Crippen LogP) is 2.02. The molecule has 0 unspecified atom stereocenters. The minimum atomic E-state index is -0.452. The molecule has 92 valence electrons. The quantitative estimate of drug-likeness (QED) is 0.642. The summed E-state index contributed by atoms with van der Waals surface area (Å²) in [4.78, 5) is 10.5. The number of aliphatic hydroxyl groups excluding tert-OH is 1. The highest BCUT2D eigenvalue weighted by atomic mass is 16.6. The van der Waals surface area contributed by atoms with Crippen molar-refractivity contribution in [3.63, 3.8) is 0 Å². The van der Waals surface area contributed by atoms with E-state index in [-0.39, 0.29) is 23.5 Å². The summed E-state index contributed by atoms with van der Waals surface area (Å²) in [6, 6.07) is 4.93. The molecule has 0 aliphatic heterocycles. The predicted molar refractivity (Wildman–Crippen MR) is 62.3 cm³/mol. The fraction of sp³-hybridized carbons (Fsp3) is 0.500. The van der Waals surface area contributed by atoms with Gasteiger partial charge >= 0.3 is 5.69 Å². The third-order valence-electron chi connectivity index (χ3n) is 3.60. The minimum Gasteiger partial charge on any atom is -0.490 e. The van der Waals surface area contributed by atoms with E-state index < -0.39 is 4.92 Å². The summed E-state index contributed by atoms with van der Waals surface area (Å²) in [6.07, 6.45) is 2.82. The summed E-state index contributed by atoms with van der Waals surface area (Å²) in [5.74, 6) is 0.256. The minimum absolute atomic E-state index is 0.0373. The first-order chi connectivity index (χ1) is 8.13. The van der Waals surface area contributed by atoms with Crippen molar-refractivity contribution in [3.05, 3.63) is 33.9 Å². The number of nitrogens with zero attached hydrogens (tertiary/aromatic N) is 1. The fourth-order valence-corrected chi connectivity index (χ4v) is 2.30. The summed E-state index contributed by atoms with van der Waals surface area (Å²) < 4.78 is 4.96. The van der Waals surface area contributed by atoms with E-state index >= 15 is 0 Å². The zero-order valence-electron chi connectivity index (χ0n) is 9.68. The van der Waals surface area contributed by atoms with Crippen molar-refractivity contribution in [1.82, 2.24) is 0 Å². The van der Waals surface area contributed by atoms with Crippen LogP contribution in [-0.4, -0.2) is 23.7 Å². The van der Waals surface area contributed by atoms with E-state index in [1.807, 2.05) is 0 Å². The van der Waals surface area contributed by atoms with Gasteiger partial charge in [0.05, 0.1) is 18.6 Å². The van der Waals surface area contributed by atoms with Gasteiger partial charge in [-0.15, -0.1) is 0 Å². The van der Waals surface area contributed by atoms with Crippen molar-refractivity contribution in [3.8, 4) is 5.75 Å². The zero-order valence-corrected chi connectivity index (χ0v) is 9.68. The lowest BCUT2D eigenvalue weighted by Crippen LogP contribution is -2.37. The van der Waals surface area contributed by atoms with Gasteiger partial charge in [0.2, 0.25) is 0 Å². The SMILES string of the molecule is COc1ccc(C2(CO)CCC2)cc1[N+](=O)[O-]. The average molecular weight is 237 g/mol. The Balaban J connectivity index is 2.43. The second kappa shape index (κ2) is 4.33. The average Bonchev–Trinajstić information content (AvgIpc) is 2.28. The van der Waals surface area contributed by atoms with E-state index in [4.69, 9.17) is 4.74 Å². The Hall–Kier alpha value is -1.62. The van der Waals surface area contributed by atoms with Crippen LogP contribution in [0.4, 0.5) is 5.69 Å². The number of rotatable bonds is 4. The lowest BCUT2D eigenvalue weighted by Gasteiger charge is -2.40. The lowest BCUT2D eigenvalue weighted by atomic mass is 9.65. The Morgan fingerprint density at radius 1 is 1.53 bits per heavy atom. The third-order valence-corrected chi connectivity index (χ3v) is 3.60. The number of nitro benzene ring substituents is 1. The normalized spacial score (nSPS) is 17.3. The summed E-state index contributed by atoms with van der Waals surface area (Å²) in [5, 5.41) is 20.4. The topological polar surface area (TPSA) is 72.6 Å². The van der Waals surface area contributed by atoms with Crippen molar-refractivity contribution in [2.75, 3.05) is 13.7 Å². The first-order valence-electron chi connectivity index (χ1n) is 5.57. The second-order valence-corrected chi connectivity index (χ2v) is 4.44. The highest BCUT2D eigenvalue weighted by Crippen LogP contribution is 2.45. The molecule has 0 aromatic heterocycles. The lowest BCUT2D eigenvalue weighted by molar-refractivity contribution is -0.385. The van der Waals surface area contributed by atoms with Crippen molar-refractivity contribution in [2.45, 2.75) is 24.7 Å². The van der Waals surface area contributed by atoms with Crippen LogP contribution in [0.2, 0.25) is 0 Å². The van der Waals surface area contributed by atoms with Gasteiger partial charge in [-0.1, -0.05) is 12.5 Å². The van der Waals surface area contributed by atoms with Gasteiger partial charge in [0.25, 0.3) is 0 Å². The van der Waals surface area contributed by atoms with E-state index in [0.717, 1.165) is 24.8 Å². The Morgan fingerprint density at radius 3 is 2.65 bits per heavy atom. The highest BCUT2D eigenvalue weighted by Gasteiger charge is 2.39. The number of hydrogen-bond acceptors (Lipinski definition) is 4. The first-order valence-corrected chi connectivity index (χ1v) is 5.57. The van der Waals surface area contributed by atoms with Crippen LogP contribution in [-0.2, 0) is 5.41 Å². The second-order valence-electron chi connectivity index (χ2n) is 4.44. The van der Waals surface area contributed by atoms with E-state index in [0.29, 0.717) is 0 Å². The van der Waals surface area contributed by atoms with Crippen LogP contribution >= 0.6 is 0 Å². The third kappa shape index (κ3) is 1.86. The van der Waals surface area contributed by atoms with Crippen LogP contribution in [0, 0.1) is 10.1 Å². The van der Waals surface area contributed by atoms with Crippen molar-refractivity contribution >= 4 is 5.69 Å². The molecule has 5 nitrogen and oxygen atoms in total. The molecule has 1 aliphatic carbocycles. The number of aliphatic hydroxyl groups is 1. The van der Waals surface area contributed by atoms with Crippen LogP contribution in [0.15, 0.2) is 18.2 Å². The van der Waals surface area contributed by atoms with Crippen molar-refractivity contribution in [1.29, 1.82) is 0 Å². The largest absolute Gasteiger partial charge is 0.490 e. The molecule has 17 heavy (non-hydrogen) atoms. The van der Waals surface area contributed by atoms with Gasteiger partial charge in [-0.2, -0.15) is 0 Å². The number of hydrogen-bond donors (Lipinski definition) is 1. The Kier molecular flexibility index (Phi) is 3.02. The van der Waals surface area contributed by atoms with Gasteiger partial charge in [0, 0.05) is 11.5 Å². The number of benzene rings is 1. The van der Waals surface area contributed by atoms with Gasteiger partial charge in [0.1, 0.15) is 0 Å². The molecule has 0 saturated heterocycles. The maximum atomic E-state index is 10.9.